The van der Waals surface area contributed by atoms with Crippen LogP contribution in [0.4, 0.5) is 0 Å². The van der Waals surface area contributed by atoms with Crippen LogP contribution in [0.5, 0.6) is 0 Å². The molecule has 1 N–H and O–H groups in total. The maximum Gasteiger partial charge on any atom is 0.295 e. The summed E-state index contributed by atoms with van der Waals surface area (Å²) in [6.07, 6.45) is 0. The Labute approximate surface area is 139 Å². The summed E-state index contributed by atoms with van der Waals surface area (Å²) in [6.45, 7) is 3.96. The smallest absolute Gasteiger partial charge is 0.282 e. The molecule has 0 spiro atoms. The number of halogens is 2. The lowest BCUT2D eigenvalue weighted by molar-refractivity contribution is 0.482. The highest BCUT2D eigenvalue weighted by Crippen LogP contribution is 2.34. The second kappa shape index (κ2) is 5.45. The molecule has 0 aliphatic carbocycles. The van der Waals surface area contributed by atoms with Crippen molar-refractivity contribution in [2.45, 2.75) is 23.2 Å². The number of rotatable bonds is 2. The van der Waals surface area contributed by atoms with Crippen LogP contribution in [0.25, 0.3) is 10.8 Å². The van der Waals surface area contributed by atoms with Gasteiger partial charge in [0, 0.05) is 8.00 Å². The van der Waals surface area contributed by atoms with E-state index in [-0.39, 0.29) is 4.90 Å². The van der Waals surface area contributed by atoms with Gasteiger partial charge in [-0.1, -0.05) is 34.7 Å². The van der Waals surface area contributed by atoms with Crippen molar-refractivity contribution < 1.29 is 13.0 Å². The summed E-state index contributed by atoms with van der Waals surface area (Å²) in [5.41, 5.74) is 3.11. The van der Waals surface area contributed by atoms with E-state index < -0.39 is 10.1 Å². The zero-order chi connectivity index (χ0) is 14.4. The van der Waals surface area contributed by atoms with Gasteiger partial charge in [0.25, 0.3) is 10.1 Å². The molecule has 2 rings (SSSR count). The average molecular weight is 502 g/mol. The maximum absolute atomic E-state index is 11.5. The quantitative estimate of drug-likeness (QED) is 0.380. The molecule has 0 heterocycles. The first-order valence-electron chi connectivity index (χ1n) is 5.52. The lowest BCUT2D eigenvalue weighted by Crippen LogP contribution is -2.04. The van der Waals surface area contributed by atoms with Gasteiger partial charge in [-0.15, -0.1) is 0 Å². The number of aryl methyl sites for hydroxylation is 2. The van der Waals surface area contributed by atoms with E-state index in [2.05, 4.69) is 22.6 Å². The summed E-state index contributed by atoms with van der Waals surface area (Å²) in [5, 5.41) is 1.94. The van der Waals surface area contributed by atoms with Gasteiger partial charge in [-0.25, -0.2) is 0 Å². The molecule has 3 nitrogen and oxygen atoms in total. The zero-order valence-corrected chi connectivity index (χ0v) is 15.5. The molecule has 0 atom stereocenters. The Hall–Kier alpha value is 0.0700. The lowest BCUT2D eigenvalue weighted by Gasteiger charge is -2.13. The Morgan fingerprint density at radius 1 is 1.21 bits per heavy atom. The molecule has 0 fully saturated rings. The van der Waals surface area contributed by atoms with Crippen LogP contribution in [0.3, 0.4) is 0 Å². The molecule has 102 valence electrons. The predicted octanol–water partition coefficient (Wildman–Crippen LogP) is 4.24. The lowest BCUT2D eigenvalue weighted by atomic mass is 9.98. The van der Waals surface area contributed by atoms with Gasteiger partial charge in [-0.05, 0) is 70.0 Å². The molecule has 0 amide bonds. The number of hydrogen-bond donors (Lipinski definition) is 1. The van der Waals surface area contributed by atoms with E-state index in [1.807, 2.05) is 48.6 Å². The summed E-state index contributed by atoms with van der Waals surface area (Å²) in [7, 11) is -4.20. The molecule has 6 heteroatoms. The number of hydrogen-bond acceptors (Lipinski definition) is 2. The van der Waals surface area contributed by atoms with Crippen molar-refractivity contribution in [3.05, 3.63) is 38.5 Å². The molecule has 0 saturated heterocycles. The fourth-order valence-corrected chi connectivity index (χ4v) is 5.68. The van der Waals surface area contributed by atoms with Gasteiger partial charge in [0.15, 0.2) is 0 Å². The van der Waals surface area contributed by atoms with Gasteiger partial charge >= 0.3 is 0 Å². The highest BCUT2D eigenvalue weighted by molar-refractivity contribution is 14.1. The van der Waals surface area contributed by atoms with Gasteiger partial charge in [0.2, 0.25) is 0 Å². The molecule has 0 saturated carbocycles. The molecular formula is C13H12I2O3S. The third kappa shape index (κ3) is 2.77. The van der Waals surface area contributed by atoms with E-state index >= 15 is 0 Å². The van der Waals surface area contributed by atoms with Gasteiger partial charge in [-0.3, -0.25) is 4.55 Å². The van der Waals surface area contributed by atoms with E-state index in [9.17, 15) is 13.0 Å². The first-order chi connectivity index (χ1) is 8.77. The van der Waals surface area contributed by atoms with Crippen molar-refractivity contribution in [1.82, 2.24) is 0 Å². The Kier molecular flexibility index (Phi) is 4.44. The molecule has 0 radical (unpaired) electrons. The number of alkyl halides is 1. The highest BCUT2D eigenvalue weighted by atomic mass is 127. The number of benzene rings is 2. The minimum absolute atomic E-state index is 0.000894. The van der Waals surface area contributed by atoms with Crippen molar-refractivity contribution in [3.63, 3.8) is 0 Å². The maximum atomic E-state index is 11.5. The molecule has 2 aromatic rings. The van der Waals surface area contributed by atoms with Crippen molar-refractivity contribution in [3.8, 4) is 0 Å². The molecule has 19 heavy (non-hydrogen) atoms. The van der Waals surface area contributed by atoms with E-state index in [0.29, 0.717) is 8.00 Å². The molecule has 0 bridgehead atoms. The monoisotopic (exact) mass is 502 g/mol. The van der Waals surface area contributed by atoms with Crippen LogP contribution >= 0.6 is 45.2 Å². The SMILES string of the molecule is Cc1ccc2c(CI)c(I)c(S(=O)(=O)O)cc2c1C. The van der Waals surface area contributed by atoms with Gasteiger partial charge in [0.05, 0.1) is 0 Å². The van der Waals surface area contributed by atoms with Gasteiger partial charge in [-0.2, -0.15) is 8.42 Å². The first-order valence-corrected chi connectivity index (χ1v) is 9.56. The molecule has 0 aliphatic heterocycles. The highest BCUT2D eigenvalue weighted by Gasteiger charge is 2.20. The van der Waals surface area contributed by atoms with E-state index in [0.717, 1.165) is 27.5 Å². The molecule has 2 aromatic carbocycles. The summed E-state index contributed by atoms with van der Waals surface area (Å²) < 4.78 is 33.7. The fraction of sp³-hybridized carbons (Fsp3) is 0.231. The van der Waals surface area contributed by atoms with Crippen molar-refractivity contribution in [1.29, 1.82) is 0 Å². The Balaban J connectivity index is 3.04. The summed E-state index contributed by atoms with van der Waals surface area (Å²) in [4.78, 5) is 0.000894. The zero-order valence-electron chi connectivity index (χ0n) is 10.4. The van der Waals surface area contributed by atoms with Crippen LogP contribution in [0.2, 0.25) is 0 Å². The van der Waals surface area contributed by atoms with E-state index in [1.165, 1.54) is 0 Å². The van der Waals surface area contributed by atoms with Crippen molar-refractivity contribution in [2.24, 2.45) is 0 Å². The Morgan fingerprint density at radius 3 is 2.37 bits per heavy atom. The summed E-state index contributed by atoms with van der Waals surface area (Å²) in [6, 6.07) is 5.63. The van der Waals surface area contributed by atoms with Gasteiger partial charge in [0.1, 0.15) is 4.90 Å². The molecular weight excluding hydrogens is 490 g/mol. The minimum Gasteiger partial charge on any atom is -0.282 e. The normalized spacial score (nSPS) is 12.1. The number of fused-ring (bicyclic) bond motifs is 1. The Morgan fingerprint density at radius 2 is 1.84 bits per heavy atom. The summed E-state index contributed by atoms with van der Waals surface area (Å²) >= 11 is 4.20. The second-order valence-electron chi connectivity index (χ2n) is 4.38. The summed E-state index contributed by atoms with van der Waals surface area (Å²) in [5.74, 6) is 0. The average Bonchev–Trinajstić information content (AvgIpc) is 2.32. The third-order valence-electron chi connectivity index (χ3n) is 3.28. The van der Waals surface area contributed by atoms with Crippen LogP contribution < -0.4 is 0 Å². The topological polar surface area (TPSA) is 54.4 Å². The van der Waals surface area contributed by atoms with Crippen LogP contribution in [0, 0.1) is 17.4 Å². The van der Waals surface area contributed by atoms with Crippen LogP contribution in [0.1, 0.15) is 16.7 Å². The third-order valence-corrected chi connectivity index (χ3v) is 6.52. The second-order valence-corrected chi connectivity index (χ2v) is 7.61. The molecule has 0 aromatic heterocycles. The van der Waals surface area contributed by atoms with Crippen LogP contribution in [0.15, 0.2) is 23.1 Å². The van der Waals surface area contributed by atoms with Crippen LogP contribution in [-0.2, 0) is 14.5 Å². The fourth-order valence-electron chi connectivity index (χ4n) is 2.07. The molecule has 0 aliphatic rings. The first kappa shape index (κ1) is 15.5. The van der Waals surface area contributed by atoms with Gasteiger partial charge < -0.3 is 0 Å². The van der Waals surface area contributed by atoms with Crippen LogP contribution in [-0.4, -0.2) is 13.0 Å². The largest absolute Gasteiger partial charge is 0.295 e. The molecule has 0 unspecified atom stereocenters. The van der Waals surface area contributed by atoms with Crippen molar-refractivity contribution >= 4 is 66.1 Å². The van der Waals surface area contributed by atoms with Crippen molar-refractivity contribution in [2.75, 3.05) is 0 Å². The standard InChI is InChI=1S/C13H12I2O3S/c1-7-3-4-9-10(8(7)2)5-12(19(16,17)18)13(15)11(9)6-14/h3-5H,6H2,1-2H3,(H,16,17,18). The van der Waals surface area contributed by atoms with E-state index in [1.54, 1.807) is 6.07 Å². The van der Waals surface area contributed by atoms with E-state index in [4.69, 9.17) is 0 Å². The predicted molar refractivity (Wildman–Crippen MR) is 93.7 cm³/mol. The Bertz CT molecular complexity index is 767. The minimum atomic E-state index is -4.20.